The fourth-order valence-corrected chi connectivity index (χ4v) is 2.06. The van der Waals surface area contributed by atoms with Crippen LogP contribution in [0.5, 0.6) is 0 Å². The molecule has 0 aliphatic rings. The molecule has 0 aliphatic heterocycles. The first-order chi connectivity index (χ1) is 9.06. The summed E-state index contributed by atoms with van der Waals surface area (Å²) in [6.07, 6.45) is 3.98. The van der Waals surface area contributed by atoms with Crippen LogP contribution in [0.1, 0.15) is 27.0 Å². The van der Waals surface area contributed by atoms with E-state index in [0.717, 1.165) is 21.2 Å². The number of halogens is 1. The van der Waals surface area contributed by atoms with Crippen molar-refractivity contribution in [2.24, 2.45) is 0 Å². The highest BCUT2D eigenvalue weighted by atomic mass is 79.9. The van der Waals surface area contributed by atoms with Gasteiger partial charge in [0.1, 0.15) is 0 Å². The molecule has 2 aromatic carbocycles. The van der Waals surface area contributed by atoms with E-state index in [9.17, 15) is 4.79 Å². The van der Waals surface area contributed by atoms with Crippen LogP contribution >= 0.6 is 15.9 Å². The van der Waals surface area contributed by atoms with E-state index in [1.807, 2.05) is 48.6 Å². The molecule has 0 aromatic heterocycles. The van der Waals surface area contributed by atoms with E-state index in [-0.39, 0.29) is 0 Å². The SMILES string of the molecule is Cc1cc(C=Cc2ccc(Br)cc2)ccc1C(=O)O. The van der Waals surface area contributed by atoms with E-state index in [1.165, 1.54) is 0 Å². The van der Waals surface area contributed by atoms with Gasteiger partial charge in [-0.25, -0.2) is 4.79 Å². The predicted molar refractivity (Wildman–Crippen MR) is 81.2 cm³/mol. The largest absolute Gasteiger partial charge is 0.478 e. The molecule has 2 rings (SSSR count). The average molecular weight is 317 g/mol. The van der Waals surface area contributed by atoms with Crippen molar-refractivity contribution in [3.8, 4) is 0 Å². The van der Waals surface area contributed by atoms with Crippen LogP contribution < -0.4 is 0 Å². The van der Waals surface area contributed by atoms with E-state index in [2.05, 4.69) is 15.9 Å². The van der Waals surface area contributed by atoms with Gasteiger partial charge in [-0.3, -0.25) is 0 Å². The van der Waals surface area contributed by atoms with Gasteiger partial charge in [0.25, 0.3) is 0 Å². The Morgan fingerprint density at radius 2 is 1.63 bits per heavy atom. The second kappa shape index (κ2) is 5.85. The zero-order valence-electron chi connectivity index (χ0n) is 10.4. The van der Waals surface area contributed by atoms with Crippen LogP contribution in [0.2, 0.25) is 0 Å². The zero-order chi connectivity index (χ0) is 13.8. The number of hydrogen-bond donors (Lipinski definition) is 1. The Labute approximate surface area is 120 Å². The van der Waals surface area contributed by atoms with E-state index in [1.54, 1.807) is 13.0 Å². The van der Waals surface area contributed by atoms with Gasteiger partial charge in [0.05, 0.1) is 5.56 Å². The number of carboxylic acids is 1. The maximum absolute atomic E-state index is 10.9. The van der Waals surface area contributed by atoms with Crippen molar-refractivity contribution in [1.82, 2.24) is 0 Å². The maximum atomic E-state index is 10.9. The third-order valence-corrected chi connectivity index (χ3v) is 3.35. The lowest BCUT2D eigenvalue weighted by atomic mass is 10.0. The summed E-state index contributed by atoms with van der Waals surface area (Å²) in [6.45, 7) is 1.81. The Hall–Kier alpha value is -1.87. The van der Waals surface area contributed by atoms with Crippen molar-refractivity contribution in [2.75, 3.05) is 0 Å². The summed E-state index contributed by atoms with van der Waals surface area (Å²) in [5, 5.41) is 8.97. The molecule has 0 radical (unpaired) electrons. The molecular formula is C16H13BrO2. The van der Waals surface area contributed by atoms with Gasteiger partial charge < -0.3 is 5.11 Å². The first kappa shape index (κ1) is 13.6. The molecule has 0 bridgehead atoms. The van der Waals surface area contributed by atoms with Crippen molar-refractivity contribution in [2.45, 2.75) is 6.92 Å². The van der Waals surface area contributed by atoms with Crippen LogP contribution in [0.3, 0.4) is 0 Å². The van der Waals surface area contributed by atoms with E-state index >= 15 is 0 Å². The lowest BCUT2D eigenvalue weighted by molar-refractivity contribution is 0.0696. The molecule has 0 spiro atoms. The standard InChI is InChI=1S/C16H13BrO2/c1-11-10-13(6-9-15(11)16(18)19)3-2-12-4-7-14(17)8-5-12/h2-10H,1H3,(H,18,19). The minimum Gasteiger partial charge on any atom is -0.478 e. The number of rotatable bonds is 3. The molecule has 3 heteroatoms. The highest BCUT2D eigenvalue weighted by Crippen LogP contribution is 2.15. The Bertz CT molecular complexity index is 628. The Morgan fingerprint density at radius 1 is 1.05 bits per heavy atom. The summed E-state index contributed by atoms with van der Waals surface area (Å²) in [5.41, 5.74) is 3.21. The van der Waals surface area contributed by atoms with Gasteiger partial charge in [-0.15, -0.1) is 0 Å². The van der Waals surface area contributed by atoms with E-state index < -0.39 is 5.97 Å². The summed E-state index contributed by atoms with van der Waals surface area (Å²) in [6, 6.07) is 13.3. The first-order valence-electron chi connectivity index (χ1n) is 5.84. The van der Waals surface area contributed by atoms with Crippen LogP contribution in [0.15, 0.2) is 46.9 Å². The number of aromatic carboxylic acids is 1. The Balaban J connectivity index is 2.22. The summed E-state index contributed by atoms with van der Waals surface area (Å²) in [7, 11) is 0. The summed E-state index contributed by atoms with van der Waals surface area (Å²) in [4.78, 5) is 10.9. The van der Waals surface area contributed by atoms with Gasteiger partial charge in [0.2, 0.25) is 0 Å². The molecule has 0 saturated carbocycles. The predicted octanol–water partition coefficient (Wildman–Crippen LogP) is 4.63. The molecule has 0 fully saturated rings. The zero-order valence-corrected chi connectivity index (χ0v) is 12.0. The minimum absolute atomic E-state index is 0.348. The number of hydrogen-bond acceptors (Lipinski definition) is 1. The van der Waals surface area contributed by atoms with E-state index in [0.29, 0.717) is 5.56 Å². The van der Waals surface area contributed by atoms with Crippen molar-refractivity contribution in [3.05, 3.63) is 69.2 Å². The second-order valence-electron chi connectivity index (χ2n) is 4.26. The molecule has 96 valence electrons. The van der Waals surface area contributed by atoms with Crippen LogP contribution in [-0.4, -0.2) is 11.1 Å². The minimum atomic E-state index is -0.888. The van der Waals surface area contributed by atoms with Gasteiger partial charge in [-0.05, 0) is 41.8 Å². The third kappa shape index (κ3) is 3.55. The van der Waals surface area contributed by atoms with Gasteiger partial charge in [-0.1, -0.05) is 52.3 Å². The van der Waals surface area contributed by atoms with Crippen molar-refractivity contribution in [3.63, 3.8) is 0 Å². The monoisotopic (exact) mass is 316 g/mol. The quantitative estimate of drug-likeness (QED) is 0.838. The number of carboxylic acid groups (broad SMARTS) is 1. The molecule has 19 heavy (non-hydrogen) atoms. The van der Waals surface area contributed by atoms with E-state index in [4.69, 9.17) is 5.11 Å². The Kier molecular flexibility index (Phi) is 4.17. The lowest BCUT2D eigenvalue weighted by Gasteiger charge is -2.02. The van der Waals surface area contributed by atoms with Gasteiger partial charge in [0, 0.05) is 4.47 Å². The number of benzene rings is 2. The molecule has 0 amide bonds. The topological polar surface area (TPSA) is 37.3 Å². The molecule has 0 saturated heterocycles. The van der Waals surface area contributed by atoms with Crippen LogP contribution in [0, 0.1) is 6.92 Å². The lowest BCUT2D eigenvalue weighted by Crippen LogP contribution is -1.99. The van der Waals surface area contributed by atoms with Crippen molar-refractivity contribution in [1.29, 1.82) is 0 Å². The maximum Gasteiger partial charge on any atom is 0.335 e. The van der Waals surface area contributed by atoms with Crippen LogP contribution in [0.25, 0.3) is 12.2 Å². The second-order valence-corrected chi connectivity index (χ2v) is 5.18. The third-order valence-electron chi connectivity index (χ3n) is 2.82. The van der Waals surface area contributed by atoms with Crippen molar-refractivity contribution < 1.29 is 9.90 Å². The fourth-order valence-electron chi connectivity index (χ4n) is 1.80. The Morgan fingerprint density at radius 3 is 2.21 bits per heavy atom. The van der Waals surface area contributed by atoms with Crippen molar-refractivity contribution >= 4 is 34.1 Å². The molecule has 2 aromatic rings. The molecule has 0 heterocycles. The average Bonchev–Trinajstić information content (AvgIpc) is 2.37. The van der Waals surface area contributed by atoms with Gasteiger partial charge >= 0.3 is 5.97 Å². The molecule has 1 N–H and O–H groups in total. The summed E-state index contributed by atoms with van der Waals surface area (Å²) < 4.78 is 1.05. The first-order valence-corrected chi connectivity index (χ1v) is 6.63. The molecule has 0 atom stereocenters. The molecule has 0 aliphatic carbocycles. The highest BCUT2D eigenvalue weighted by Gasteiger charge is 2.05. The van der Waals surface area contributed by atoms with Crippen LogP contribution in [-0.2, 0) is 0 Å². The van der Waals surface area contributed by atoms with Gasteiger partial charge in [-0.2, -0.15) is 0 Å². The fraction of sp³-hybridized carbons (Fsp3) is 0.0625. The molecule has 2 nitrogen and oxygen atoms in total. The van der Waals surface area contributed by atoms with Crippen LogP contribution in [0.4, 0.5) is 0 Å². The normalized spacial score (nSPS) is 10.8. The smallest absolute Gasteiger partial charge is 0.335 e. The summed E-state index contributed by atoms with van der Waals surface area (Å²) in [5.74, 6) is -0.888. The van der Waals surface area contributed by atoms with Gasteiger partial charge in [0.15, 0.2) is 0 Å². The summed E-state index contributed by atoms with van der Waals surface area (Å²) >= 11 is 3.39. The molecular weight excluding hydrogens is 304 g/mol. The number of carbonyl (C=O) groups is 1. The molecule has 0 unspecified atom stereocenters. The number of aryl methyl sites for hydroxylation is 1. The highest BCUT2D eigenvalue weighted by molar-refractivity contribution is 9.10.